The van der Waals surface area contributed by atoms with E-state index in [9.17, 15) is 4.79 Å². The summed E-state index contributed by atoms with van der Waals surface area (Å²) in [5.74, 6) is -0.304. The molecule has 0 bridgehead atoms. The van der Waals surface area contributed by atoms with Crippen molar-refractivity contribution in [2.75, 3.05) is 26.3 Å². The third-order valence-electron chi connectivity index (χ3n) is 2.28. The van der Waals surface area contributed by atoms with Gasteiger partial charge in [0, 0.05) is 18.7 Å². The second-order valence-corrected chi connectivity index (χ2v) is 3.95. The lowest BCUT2D eigenvalue weighted by atomic mass is 10.2. The van der Waals surface area contributed by atoms with Crippen molar-refractivity contribution in [2.45, 2.75) is 0 Å². The van der Waals surface area contributed by atoms with Gasteiger partial charge in [-0.2, -0.15) is 0 Å². The molecule has 0 aliphatic heterocycles. The van der Waals surface area contributed by atoms with Crippen molar-refractivity contribution in [3.05, 3.63) is 35.9 Å². The molecule has 1 rings (SSSR count). The van der Waals surface area contributed by atoms with Crippen LogP contribution in [0.15, 0.2) is 30.3 Å². The molecule has 0 atom stereocenters. The number of aliphatic hydroxyl groups excluding tert-OH is 2. The van der Waals surface area contributed by atoms with E-state index in [1.807, 2.05) is 6.07 Å². The molecule has 0 aliphatic carbocycles. The molecule has 0 aliphatic rings. The van der Waals surface area contributed by atoms with Gasteiger partial charge >= 0.3 is 0 Å². The topological polar surface area (TPSA) is 72.8 Å². The number of hydrogen-bond acceptors (Lipinski definition) is 4. The van der Waals surface area contributed by atoms with Crippen LogP contribution < -0.4 is 5.32 Å². The van der Waals surface area contributed by atoms with Gasteiger partial charge in [0.25, 0.3) is 5.91 Å². The molecule has 1 aromatic carbocycles. The molecule has 3 N–H and O–H groups in total. The van der Waals surface area contributed by atoms with E-state index in [1.54, 1.807) is 24.3 Å². The fraction of sp³-hybridized carbons (Fsp3) is 0.333. The van der Waals surface area contributed by atoms with Crippen molar-refractivity contribution in [1.82, 2.24) is 10.2 Å². The Kier molecular flexibility index (Phi) is 6.27. The molecule has 1 amide bonds. The van der Waals surface area contributed by atoms with Gasteiger partial charge in [-0.3, -0.25) is 10.1 Å². The first-order valence-corrected chi connectivity index (χ1v) is 5.97. The molecule has 0 aromatic heterocycles. The summed E-state index contributed by atoms with van der Waals surface area (Å²) in [7, 11) is 0. The highest BCUT2D eigenvalue weighted by Crippen LogP contribution is 1.99. The van der Waals surface area contributed by atoms with Crippen LogP contribution in [0.5, 0.6) is 0 Å². The Balaban J connectivity index is 2.60. The minimum Gasteiger partial charge on any atom is -0.395 e. The van der Waals surface area contributed by atoms with Crippen molar-refractivity contribution in [3.63, 3.8) is 0 Å². The number of aliphatic hydroxyl groups is 2. The number of hydrogen-bond donors (Lipinski definition) is 3. The summed E-state index contributed by atoms with van der Waals surface area (Å²) in [6, 6.07) is 8.70. The van der Waals surface area contributed by atoms with Crippen LogP contribution in [0.2, 0.25) is 0 Å². The van der Waals surface area contributed by atoms with Crippen LogP contribution in [0, 0.1) is 0 Å². The number of amides is 1. The van der Waals surface area contributed by atoms with E-state index in [2.05, 4.69) is 5.32 Å². The zero-order valence-electron chi connectivity index (χ0n) is 9.87. The van der Waals surface area contributed by atoms with Crippen molar-refractivity contribution < 1.29 is 15.0 Å². The smallest absolute Gasteiger partial charge is 0.257 e. The van der Waals surface area contributed by atoms with E-state index in [4.69, 9.17) is 22.4 Å². The van der Waals surface area contributed by atoms with Gasteiger partial charge in [-0.25, -0.2) is 0 Å². The average Bonchev–Trinajstić information content (AvgIpc) is 2.39. The molecule has 0 fully saturated rings. The summed E-state index contributed by atoms with van der Waals surface area (Å²) in [6.07, 6.45) is 0. The predicted octanol–water partition coefficient (Wildman–Crippen LogP) is -0.0121. The molecular weight excluding hydrogens is 252 g/mol. The van der Waals surface area contributed by atoms with E-state index in [-0.39, 0.29) is 37.3 Å². The van der Waals surface area contributed by atoms with Gasteiger partial charge in [-0.1, -0.05) is 18.2 Å². The standard InChI is InChI=1S/C12H16N2O3S/c15-8-6-14(7-9-16)12(18)13-11(17)10-4-2-1-3-5-10/h1-5,15-16H,6-9H2,(H,13,17,18). The molecule has 98 valence electrons. The largest absolute Gasteiger partial charge is 0.395 e. The SMILES string of the molecule is O=C(NC(=S)N(CCO)CCO)c1ccccc1. The van der Waals surface area contributed by atoms with Crippen molar-refractivity contribution in [1.29, 1.82) is 0 Å². The van der Waals surface area contributed by atoms with Gasteiger partial charge in [-0.15, -0.1) is 0 Å². The summed E-state index contributed by atoms with van der Waals surface area (Å²) < 4.78 is 0. The molecule has 18 heavy (non-hydrogen) atoms. The fourth-order valence-electron chi connectivity index (χ4n) is 1.39. The second kappa shape index (κ2) is 7.75. The molecule has 0 saturated heterocycles. The summed E-state index contributed by atoms with van der Waals surface area (Å²) in [5.41, 5.74) is 0.507. The highest BCUT2D eigenvalue weighted by atomic mass is 32.1. The maximum Gasteiger partial charge on any atom is 0.257 e. The second-order valence-electron chi connectivity index (χ2n) is 3.56. The Bertz CT molecular complexity index is 392. The first-order chi connectivity index (χ1) is 8.69. The number of thiocarbonyl (C=S) groups is 1. The van der Waals surface area contributed by atoms with Crippen LogP contribution in [0.4, 0.5) is 0 Å². The monoisotopic (exact) mass is 268 g/mol. The van der Waals surface area contributed by atoms with E-state index in [1.165, 1.54) is 4.90 Å². The molecule has 6 heteroatoms. The first kappa shape index (κ1) is 14.6. The quantitative estimate of drug-likeness (QED) is 0.655. The molecule has 0 heterocycles. The fourth-order valence-corrected chi connectivity index (χ4v) is 1.67. The van der Waals surface area contributed by atoms with Gasteiger partial charge in [0.15, 0.2) is 5.11 Å². The maximum absolute atomic E-state index is 11.8. The number of nitrogens with one attached hydrogen (secondary N) is 1. The summed E-state index contributed by atoms with van der Waals surface area (Å²) in [5, 5.41) is 20.5. The molecule has 0 saturated carbocycles. The zero-order valence-corrected chi connectivity index (χ0v) is 10.7. The number of carbonyl (C=O) groups is 1. The van der Waals surface area contributed by atoms with Gasteiger partial charge in [0.05, 0.1) is 13.2 Å². The Morgan fingerprint density at radius 1 is 1.17 bits per heavy atom. The van der Waals surface area contributed by atoms with Crippen molar-refractivity contribution in [3.8, 4) is 0 Å². The minimum absolute atomic E-state index is 0.0959. The molecule has 0 spiro atoms. The number of nitrogens with zero attached hydrogens (tertiary/aromatic N) is 1. The molecule has 0 radical (unpaired) electrons. The lowest BCUT2D eigenvalue weighted by Gasteiger charge is -2.23. The van der Waals surface area contributed by atoms with E-state index in [0.29, 0.717) is 5.56 Å². The first-order valence-electron chi connectivity index (χ1n) is 5.56. The Morgan fingerprint density at radius 3 is 2.22 bits per heavy atom. The summed E-state index contributed by atoms with van der Waals surface area (Å²) >= 11 is 5.05. The lowest BCUT2D eigenvalue weighted by Crippen LogP contribution is -2.45. The third-order valence-corrected chi connectivity index (χ3v) is 2.64. The molecule has 5 nitrogen and oxygen atoms in total. The Labute approximate surface area is 111 Å². The van der Waals surface area contributed by atoms with Crippen LogP contribution in [0.1, 0.15) is 10.4 Å². The van der Waals surface area contributed by atoms with Gasteiger partial charge in [0.1, 0.15) is 0 Å². The third kappa shape index (κ3) is 4.40. The van der Waals surface area contributed by atoms with Crippen LogP contribution in [-0.2, 0) is 0 Å². The van der Waals surface area contributed by atoms with Crippen LogP contribution >= 0.6 is 12.2 Å². The summed E-state index contributed by atoms with van der Waals surface area (Å²) in [6.45, 7) is 0.353. The Morgan fingerprint density at radius 2 is 1.72 bits per heavy atom. The molecule has 0 unspecified atom stereocenters. The molecular formula is C12H16N2O3S. The number of benzene rings is 1. The predicted molar refractivity (Wildman–Crippen MR) is 72.3 cm³/mol. The van der Waals surface area contributed by atoms with Crippen molar-refractivity contribution in [2.24, 2.45) is 0 Å². The van der Waals surface area contributed by atoms with Gasteiger partial charge < -0.3 is 15.1 Å². The Hall–Kier alpha value is -1.50. The highest BCUT2D eigenvalue weighted by Gasteiger charge is 2.12. The molecule has 1 aromatic rings. The lowest BCUT2D eigenvalue weighted by molar-refractivity contribution is 0.0970. The van der Waals surface area contributed by atoms with Gasteiger partial charge in [0.2, 0.25) is 0 Å². The summed E-state index contributed by atoms with van der Waals surface area (Å²) in [4.78, 5) is 13.4. The van der Waals surface area contributed by atoms with Crippen LogP contribution in [-0.4, -0.2) is 52.4 Å². The number of carbonyl (C=O) groups excluding carboxylic acids is 1. The van der Waals surface area contributed by atoms with Crippen LogP contribution in [0.3, 0.4) is 0 Å². The van der Waals surface area contributed by atoms with Crippen LogP contribution in [0.25, 0.3) is 0 Å². The maximum atomic E-state index is 11.8. The van der Waals surface area contributed by atoms with Gasteiger partial charge in [-0.05, 0) is 24.4 Å². The average molecular weight is 268 g/mol. The normalized spacial score (nSPS) is 9.89. The van der Waals surface area contributed by atoms with E-state index in [0.717, 1.165) is 0 Å². The van der Waals surface area contributed by atoms with E-state index < -0.39 is 0 Å². The number of rotatable bonds is 5. The van der Waals surface area contributed by atoms with E-state index >= 15 is 0 Å². The van der Waals surface area contributed by atoms with Crippen molar-refractivity contribution >= 4 is 23.2 Å². The highest BCUT2D eigenvalue weighted by molar-refractivity contribution is 7.80. The minimum atomic E-state index is -0.304. The zero-order chi connectivity index (χ0) is 13.4.